The molecule has 0 aliphatic heterocycles. The predicted molar refractivity (Wildman–Crippen MR) is 92.2 cm³/mol. The van der Waals surface area contributed by atoms with E-state index in [-0.39, 0.29) is 34.4 Å². The van der Waals surface area contributed by atoms with Crippen LogP contribution in [-0.4, -0.2) is 37.7 Å². The number of para-hydroxylation sites is 1. The number of rotatable bonds is 4. The van der Waals surface area contributed by atoms with Crippen LogP contribution in [0.25, 0.3) is 10.9 Å². The van der Waals surface area contributed by atoms with Gasteiger partial charge in [-0.05, 0) is 19.1 Å². The molecule has 0 unspecified atom stereocenters. The standard InChI is InChI=1S/C15H13N5O3S/c1-2-23-15(22)9-7-16-20-11(9)19-14(24)12-17-10-6-4-3-5-8(10)13(21)18-12/h3-7H,2H2,1H3,(H,17,18,21)(H2,16,19,20,24). The van der Waals surface area contributed by atoms with E-state index in [1.165, 1.54) is 6.20 Å². The first kappa shape index (κ1) is 15.8. The summed E-state index contributed by atoms with van der Waals surface area (Å²) in [6, 6.07) is 6.93. The molecule has 0 spiro atoms. The third-order valence-corrected chi connectivity index (χ3v) is 3.50. The van der Waals surface area contributed by atoms with Crippen molar-refractivity contribution in [2.75, 3.05) is 11.9 Å². The molecule has 2 aromatic heterocycles. The number of nitrogens with zero attached hydrogens (tertiary/aromatic N) is 2. The number of ether oxygens (including phenoxy) is 1. The lowest BCUT2D eigenvalue weighted by Crippen LogP contribution is -2.21. The number of H-pyrrole nitrogens is 2. The smallest absolute Gasteiger partial charge is 0.343 e. The van der Waals surface area contributed by atoms with Gasteiger partial charge in [0.25, 0.3) is 5.56 Å². The molecule has 0 bridgehead atoms. The first-order chi connectivity index (χ1) is 11.6. The summed E-state index contributed by atoms with van der Waals surface area (Å²) in [4.78, 5) is 31.0. The fourth-order valence-corrected chi connectivity index (χ4v) is 2.31. The van der Waals surface area contributed by atoms with Gasteiger partial charge in [-0.1, -0.05) is 24.4 Å². The van der Waals surface area contributed by atoms with Crippen molar-refractivity contribution in [3.05, 3.63) is 52.2 Å². The Balaban J connectivity index is 1.90. The summed E-state index contributed by atoms with van der Waals surface area (Å²) in [6.45, 7) is 1.95. The molecule has 3 rings (SSSR count). The lowest BCUT2D eigenvalue weighted by Gasteiger charge is -2.08. The zero-order chi connectivity index (χ0) is 17.1. The first-order valence-electron chi connectivity index (χ1n) is 7.11. The third kappa shape index (κ3) is 3.01. The van der Waals surface area contributed by atoms with Crippen LogP contribution in [0, 0.1) is 0 Å². The number of thiocarbonyl (C=S) groups is 1. The second kappa shape index (κ2) is 6.59. The molecule has 3 aromatic rings. The number of carbonyl (C=O) groups is 1. The van der Waals surface area contributed by atoms with Crippen molar-refractivity contribution in [3.63, 3.8) is 0 Å². The van der Waals surface area contributed by atoms with E-state index in [2.05, 4.69) is 25.5 Å². The number of carbonyl (C=O) groups excluding carboxylic acids is 1. The molecule has 8 nitrogen and oxygen atoms in total. The van der Waals surface area contributed by atoms with Crippen LogP contribution < -0.4 is 10.9 Å². The van der Waals surface area contributed by atoms with Crippen LogP contribution >= 0.6 is 12.2 Å². The molecule has 9 heteroatoms. The highest BCUT2D eigenvalue weighted by Crippen LogP contribution is 2.14. The van der Waals surface area contributed by atoms with Crippen LogP contribution in [0.1, 0.15) is 23.1 Å². The van der Waals surface area contributed by atoms with Gasteiger partial charge in [-0.15, -0.1) is 0 Å². The maximum Gasteiger partial charge on any atom is 0.343 e. The van der Waals surface area contributed by atoms with Crippen molar-refractivity contribution in [1.82, 2.24) is 20.2 Å². The minimum atomic E-state index is -0.531. The highest BCUT2D eigenvalue weighted by atomic mass is 32.1. The number of aromatic nitrogens is 4. The van der Waals surface area contributed by atoms with Crippen LogP contribution in [0.4, 0.5) is 5.82 Å². The molecule has 0 aliphatic carbocycles. The molecule has 0 radical (unpaired) electrons. The average Bonchev–Trinajstić information content (AvgIpc) is 3.03. The van der Waals surface area contributed by atoms with Gasteiger partial charge in [0.2, 0.25) is 0 Å². The summed E-state index contributed by atoms with van der Waals surface area (Å²) in [5.41, 5.74) is 0.438. The van der Waals surface area contributed by atoms with E-state index < -0.39 is 5.97 Å². The Kier molecular flexibility index (Phi) is 4.34. The summed E-state index contributed by atoms with van der Waals surface area (Å²) < 4.78 is 4.94. The van der Waals surface area contributed by atoms with E-state index in [9.17, 15) is 9.59 Å². The SMILES string of the molecule is CCOC(=O)c1cn[nH]c1NC(=S)c1nc2ccccc2c(=O)[nH]1. The molecule has 0 saturated heterocycles. The van der Waals surface area contributed by atoms with Gasteiger partial charge in [0, 0.05) is 0 Å². The zero-order valence-corrected chi connectivity index (χ0v) is 13.4. The van der Waals surface area contributed by atoms with E-state index in [1.807, 2.05) is 0 Å². The number of hydrogen-bond donors (Lipinski definition) is 3. The van der Waals surface area contributed by atoms with Crippen molar-refractivity contribution < 1.29 is 9.53 Å². The van der Waals surface area contributed by atoms with Gasteiger partial charge in [-0.25, -0.2) is 9.78 Å². The largest absolute Gasteiger partial charge is 0.462 e. The molecule has 1 aromatic carbocycles. The molecular weight excluding hydrogens is 330 g/mol. The van der Waals surface area contributed by atoms with Crippen molar-refractivity contribution in [2.45, 2.75) is 6.92 Å². The van der Waals surface area contributed by atoms with E-state index >= 15 is 0 Å². The summed E-state index contributed by atoms with van der Waals surface area (Å²) >= 11 is 5.26. The Labute approximate surface area is 141 Å². The number of esters is 1. The van der Waals surface area contributed by atoms with Gasteiger partial charge in [0.05, 0.1) is 23.7 Å². The summed E-state index contributed by atoms with van der Waals surface area (Å²) in [5.74, 6) is -0.0659. The maximum absolute atomic E-state index is 12.1. The minimum Gasteiger partial charge on any atom is -0.462 e. The molecule has 0 amide bonds. The quantitative estimate of drug-likeness (QED) is 0.487. The molecule has 3 N–H and O–H groups in total. The Bertz CT molecular complexity index is 978. The molecule has 122 valence electrons. The molecule has 0 atom stereocenters. The first-order valence-corrected chi connectivity index (χ1v) is 7.52. The fourth-order valence-electron chi connectivity index (χ4n) is 2.11. The van der Waals surface area contributed by atoms with Gasteiger partial charge >= 0.3 is 5.97 Å². The van der Waals surface area contributed by atoms with Crippen LogP contribution in [0.5, 0.6) is 0 Å². The van der Waals surface area contributed by atoms with Gasteiger partial charge in [0.1, 0.15) is 16.4 Å². The van der Waals surface area contributed by atoms with Gasteiger partial charge in [-0.3, -0.25) is 9.89 Å². The molecule has 0 fully saturated rings. The Morgan fingerprint density at radius 1 is 1.38 bits per heavy atom. The van der Waals surface area contributed by atoms with Crippen molar-refractivity contribution in [2.24, 2.45) is 0 Å². The minimum absolute atomic E-state index is 0.146. The molecule has 0 saturated carbocycles. The lowest BCUT2D eigenvalue weighted by atomic mass is 10.2. The highest BCUT2D eigenvalue weighted by Gasteiger charge is 2.17. The number of nitrogens with one attached hydrogen (secondary N) is 3. The van der Waals surface area contributed by atoms with E-state index in [4.69, 9.17) is 17.0 Å². The lowest BCUT2D eigenvalue weighted by molar-refractivity contribution is 0.0527. The van der Waals surface area contributed by atoms with Crippen molar-refractivity contribution in [3.8, 4) is 0 Å². The highest BCUT2D eigenvalue weighted by molar-refractivity contribution is 7.81. The molecular formula is C15H13N5O3S. The zero-order valence-electron chi connectivity index (χ0n) is 12.6. The number of aromatic amines is 2. The second-order valence-electron chi connectivity index (χ2n) is 4.76. The number of anilines is 1. The molecule has 0 aliphatic rings. The summed E-state index contributed by atoms with van der Waals surface area (Å²) in [5, 5.41) is 9.72. The summed E-state index contributed by atoms with van der Waals surface area (Å²) in [7, 11) is 0. The van der Waals surface area contributed by atoms with Gasteiger partial charge < -0.3 is 15.0 Å². The topological polar surface area (TPSA) is 113 Å². The maximum atomic E-state index is 12.1. The average molecular weight is 343 g/mol. The summed E-state index contributed by atoms with van der Waals surface area (Å²) in [6.07, 6.45) is 1.33. The number of hydrogen-bond acceptors (Lipinski definition) is 6. The van der Waals surface area contributed by atoms with Crippen molar-refractivity contribution >= 4 is 39.9 Å². The van der Waals surface area contributed by atoms with Crippen molar-refractivity contribution in [1.29, 1.82) is 0 Å². The monoisotopic (exact) mass is 343 g/mol. The number of benzene rings is 1. The molecule has 2 heterocycles. The van der Waals surface area contributed by atoms with Crippen LogP contribution in [0.2, 0.25) is 0 Å². The van der Waals surface area contributed by atoms with Crippen LogP contribution in [-0.2, 0) is 4.74 Å². The van der Waals surface area contributed by atoms with Gasteiger partial charge in [-0.2, -0.15) is 5.10 Å². The number of fused-ring (bicyclic) bond motifs is 1. The van der Waals surface area contributed by atoms with E-state index in [0.29, 0.717) is 10.9 Å². The predicted octanol–water partition coefficient (Wildman–Crippen LogP) is 1.61. The third-order valence-electron chi connectivity index (χ3n) is 3.20. The Hall–Kier alpha value is -3.07. The van der Waals surface area contributed by atoms with Crippen LogP contribution in [0.15, 0.2) is 35.3 Å². The van der Waals surface area contributed by atoms with E-state index in [0.717, 1.165) is 0 Å². The van der Waals surface area contributed by atoms with Gasteiger partial charge in [0.15, 0.2) is 5.82 Å². The second-order valence-corrected chi connectivity index (χ2v) is 5.17. The normalized spacial score (nSPS) is 10.5. The fraction of sp³-hybridized carbons (Fsp3) is 0.133. The van der Waals surface area contributed by atoms with Crippen LogP contribution in [0.3, 0.4) is 0 Å². The Morgan fingerprint density at radius 3 is 2.96 bits per heavy atom. The molecule has 24 heavy (non-hydrogen) atoms. The Morgan fingerprint density at radius 2 is 2.17 bits per heavy atom. The van der Waals surface area contributed by atoms with E-state index in [1.54, 1.807) is 31.2 Å².